The zero-order valence-corrected chi connectivity index (χ0v) is 15.7. The Morgan fingerprint density at radius 2 is 1.92 bits per heavy atom. The van der Waals surface area contributed by atoms with E-state index in [4.69, 9.17) is 19.9 Å². The fraction of sp³-hybridized carbons (Fsp3) is 0.294. The van der Waals surface area contributed by atoms with Crippen LogP contribution >= 0.6 is 15.9 Å². The number of anilines is 2. The Kier molecular flexibility index (Phi) is 8.26. The van der Waals surface area contributed by atoms with E-state index in [0.717, 1.165) is 0 Å². The van der Waals surface area contributed by atoms with Crippen molar-refractivity contribution in [1.82, 2.24) is 9.97 Å². The maximum absolute atomic E-state index is 12.4. The SMILES string of the molecule is [CH2]COCCOCCOc1ccccc1NC(=O)c1nc(Br)cnc1N. The number of benzene rings is 1. The number of halogens is 1. The molecule has 0 saturated heterocycles. The fourth-order valence-corrected chi connectivity index (χ4v) is 2.23. The van der Waals surface area contributed by atoms with Gasteiger partial charge < -0.3 is 25.3 Å². The summed E-state index contributed by atoms with van der Waals surface area (Å²) in [5, 5.41) is 2.73. The summed E-state index contributed by atoms with van der Waals surface area (Å²) in [5.41, 5.74) is 6.24. The molecule has 0 fully saturated rings. The molecule has 0 aliphatic heterocycles. The normalized spacial score (nSPS) is 10.5. The number of nitrogen functional groups attached to an aromatic ring is 1. The van der Waals surface area contributed by atoms with Crippen LogP contribution in [0.4, 0.5) is 11.5 Å². The Morgan fingerprint density at radius 3 is 2.73 bits per heavy atom. The number of carbonyl (C=O) groups excluding carboxylic acids is 1. The summed E-state index contributed by atoms with van der Waals surface area (Å²) in [6.07, 6.45) is 1.42. The molecule has 1 aromatic heterocycles. The van der Waals surface area contributed by atoms with Crippen molar-refractivity contribution in [3.8, 4) is 5.75 Å². The van der Waals surface area contributed by atoms with Crippen LogP contribution in [0.15, 0.2) is 35.1 Å². The number of nitrogens with one attached hydrogen (secondary N) is 1. The second-order valence-corrected chi connectivity index (χ2v) is 5.76. The molecule has 1 aromatic carbocycles. The van der Waals surface area contributed by atoms with Crippen molar-refractivity contribution in [2.45, 2.75) is 0 Å². The molecule has 0 spiro atoms. The third-order valence-corrected chi connectivity index (χ3v) is 3.51. The Bertz CT molecular complexity index is 730. The first-order valence-electron chi connectivity index (χ1n) is 7.87. The fourth-order valence-electron chi connectivity index (χ4n) is 1.95. The predicted octanol–water partition coefficient (Wildman–Crippen LogP) is 2.32. The average molecular weight is 424 g/mol. The van der Waals surface area contributed by atoms with E-state index in [0.29, 0.717) is 49.1 Å². The van der Waals surface area contributed by atoms with E-state index in [1.165, 1.54) is 6.20 Å². The van der Waals surface area contributed by atoms with Gasteiger partial charge in [-0.1, -0.05) is 12.1 Å². The van der Waals surface area contributed by atoms with Crippen LogP contribution in [0.1, 0.15) is 10.5 Å². The van der Waals surface area contributed by atoms with Gasteiger partial charge in [-0.2, -0.15) is 0 Å². The van der Waals surface area contributed by atoms with Crippen LogP contribution in [-0.4, -0.2) is 48.9 Å². The molecule has 0 bridgehead atoms. The minimum atomic E-state index is -0.478. The highest BCUT2D eigenvalue weighted by Gasteiger charge is 2.15. The molecule has 2 rings (SSSR count). The number of rotatable bonds is 10. The van der Waals surface area contributed by atoms with Gasteiger partial charge in [0.05, 0.1) is 31.7 Å². The summed E-state index contributed by atoms with van der Waals surface area (Å²) < 4.78 is 16.5. The van der Waals surface area contributed by atoms with Gasteiger partial charge in [-0.15, -0.1) is 0 Å². The summed E-state index contributed by atoms with van der Waals surface area (Å²) in [7, 11) is 0. The molecule has 0 aliphatic rings. The van der Waals surface area contributed by atoms with Gasteiger partial charge in [-0.3, -0.25) is 4.79 Å². The van der Waals surface area contributed by atoms with Gasteiger partial charge in [0.1, 0.15) is 17.0 Å². The minimum Gasteiger partial charge on any atom is -0.489 e. The number of hydrogen-bond donors (Lipinski definition) is 2. The molecule has 1 amide bonds. The smallest absolute Gasteiger partial charge is 0.278 e. The van der Waals surface area contributed by atoms with Gasteiger partial charge in [-0.05, 0) is 35.0 Å². The van der Waals surface area contributed by atoms with Gasteiger partial charge in [0.25, 0.3) is 5.91 Å². The summed E-state index contributed by atoms with van der Waals surface area (Å²) >= 11 is 3.17. The third-order valence-electron chi connectivity index (χ3n) is 3.12. The molecule has 3 N–H and O–H groups in total. The largest absolute Gasteiger partial charge is 0.489 e. The lowest BCUT2D eigenvalue weighted by Crippen LogP contribution is -2.18. The van der Waals surface area contributed by atoms with Crippen LogP contribution in [-0.2, 0) is 9.47 Å². The van der Waals surface area contributed by atoms with E-state index in [2.05, 4.69) is 38.1 Å². The minimum absolute atomic E-state index is 0.0305. The van der Waals surface area contributed by atoms with Gasteiger partial charge in [0.2, 0.25) is 0 Å². The summed E-state index contributed by atoms with van der Waals surface area (Å²) in [4.78, 5) is 20.4. The summed E-state index contributed by atoms with van der Waals surface area (Å²) in [5.74, 6) is 0.0795. The highest BCUT2D eigenvalue weighted by Crippen LogP contribution is 2.24. The van der Waals surface area contributed by atoms with Crippen LogP contribution in [0.5, 0.6) is 5.75 Å². The van der Waals surface area contributed by atoms with Crippen molar-refractivity contribution < 1.29 is 19.0 Å². The van der Waals surface area contributed by atoms with Gasteiger partial charge in [0.15, 0.2) is 11.5 Å². The lowest BCUT2D eigenvalue weighted by Gasteiger charge is -2.13. The standard InChI is InChI=1S/C17H20BrN4O4/c1-2-24-7-8-25-9-10-26-13-6-4-3-5-12(13)21-17(23)15-16(19)20-11-14(18)22-15/h3-6,11H,1-2,7-10H2,(H2,19,20)(H,21,23). The highest BCUT2D eigenvalue weighted by molar-refractivity contribution is 9.10. The second kappa shape index (κ2) is 10.7. The number of aromatic nitrogens is 2. The maximum Gasteiger partial charge on any atom is 0.278 e. The van der Waals surface area contributed by atoms with E-state index in [-0.39, 0.29) is 11.5 Å². The highest BCUT2D eigenvalue weighted by atomic mass is 79.9. The van der Waals surface area contributed by atoms with Crippen molar-refractivity contribution in [2.24, 2.45) is 0 Å². The Hall–Kier alpha value is -2.23. The van der Waals surface area contributed by atoms with E-state index < -0.39 is 5.91 Å². The van der Waals surface area contributed by atoms with Crippen LogP contribution in [0, 0.1) is 6.92 Å². The predicted molar refractivity (Wildman–Crippen MR) is 101 cm³/mol. The molecule has 0 saturated carbocycles. The molecule has 1 radical (unpaired) electrons. The first kappa shape index (κ1) is 20.1. The molecular formula is C17H20BrN4O4. The van der Waals surface area contributed by atoms with Gasteiger partial charge >= 0.3 is 0 Å². The van der Waals surface area contributed by atoms with Crippen LogP contribution < -0.4 is 15.8 Å². The number of amides is 1. The molecule has 8 nitrogen and oxygen atoms in total. The third kappa shape index (κ3) is 6.25. The molecule has 9 heteroatoms. The van der Waals surface area contributed by atoms with Crippen molar-refractivity contribution in [2.75, 3.05) is 44.1 Å². The monoisotopic (exact) mass is 423 g/mol. The average Bonchev–Trinajstić information content (AvgIpc) is 2.64. The molecule has 0 aliphatic carbocycles. The molecule has 2 aromatic rings. The number of para-hydroxylation sites is 2. The van der Waals surface area contributed by atoms with Crippen molar-refractivity contribution in [3.63, 3.8) is 0 Å². The number of ether oxygens (including phenoxy) is 3. The van der Waals surface area contributed by atoms with Crippen molar-refractivity contribution >= 4 is 33.3 Å². The molecule has 0 unspecified atom stereocenters. The molecule has 139 valence electrons. The number of nitrogens with zero attached hydrogens (tertiary/aromatic N) is 2. The van der Waals surface area contributed by atoms with Crippen LogP contribution in [0.2, 0.25) is 0 Å². The topological polar surface area (TPSA) is 109 Å². The first-order valence-corrected chi connectivity index (χ1v) is 8.67. The zero-order chi connectivity index (χ0) is 18.8. The molecule has 1 heterocycles. The van der Waals surface area contributed by atoms with Crippen LogP contribution in [0.3, 0.4) is 0 Å². The van der Waals surface area contributed by atoms with Gasteiger partial charge in [-0.25, -0.2) is 9.97 Å². The second-order valence-electron chi connectivity index (χ2n) is 4.95. The van der Waals surface area contributed by atoms with E-state index in [9.17, 15) is 4.79 Å². The summed E-state index contributed by atoms with van der Waals surface area (Å²) in [6, 6.07) is 7.06. The lowest BCUT2D eigenvalue weighted by atomic mass is 10.2. The number of hydrogen-bond acceptors (Lipinski definition) is 7. The lowest BCUT2D eigenvalue weighted by molar-refractivity contribution is 0.0445. The number of nitrogens with two attached hydrogens (primary N) is 1. The van der Waals surface area contributed by atoms with E-state index >= 15 is 0 Å². The molecule has 26 heavy (non-hydrogen) atoms. The Morgan fingerprint density at radius 1 is 1.19 bits per heavy atom. The number of carbonyl (C=O) groups is 1. The van der Waals surface area contributed by atoms with E-state index in [1.54, 1.807) is 24.3 Å². The van der Waals surface area contributed by atoms with E-state index in [1.807, 2.05) is 0 Å². The Balaban J connectivity index is 1.92. The summed E-state index contributed by atoms with van der Waals surface area (Å²) in [6.45, 7) is 5.67. The van der Waals surface area contributed by atoms with Crippen LogP contribution in [0.25, 0.3) is 0 Å². The van der Waals surface area contributed by atoms with Crippen molar-refractivity contribution in [1.29, 1.82) is 0 Å². The first-order chi connectivity index (χ1) is 12.6. The zero-order valence-electron chi connectivity index (χ0n) is 14.1. The maximum atomic E-state index is 12.4. The Labute approximate surface area is 160 Å². The molecular weight excluding hydrogens is 404 g/mol. The van der Waals surface area contributed by atoms with Crippen molar-refractivity contribution in [3.05, 3.63) is 47.7 Å². The molecule has 0 atom stereocenters. The van der Waals surface area contributed by atoms with Gasteiger partial charge in [0, 0.05) is 6.61 Å². The quantitative estimate of drug-likeness (QED) is 0.564.